The SMILES string of the molecule is c1ccc([C@H]2CCCN[C@@H]2c2ccccc2)cc1. The predicted molar refractivity (Wildman–Crippen MR) is 75.6 cm³/mol. The Morgan fingerprint density at radius 3 is 2.06 bits per heavy atom. The van der Waals surface area contributed by atoms with Crippen molar-refractivity contribution < 1.29 is 0 Å². The second-order valence-electron chi connectivity index (χ2n) is 5.00. The normalized spacial score (nSPS) is 23.8. The van der Waals surface area contributed by atoms with Crippen LogP contribution in [0.4, 0.5) is 0 Å². The molecule has 2 aromatic carbocycles. The van der Waals surface area contributed by atoms with Gasteiger partial charge in [0.25, 0.3) is 0 Å². The van der Waals surface area contributed by atoms with Gasteiger partial charge in [0.1, 0.15) is 0 Å². The standard InChI is InChI=1S/C17H19N/c1-3-8-14(9-4-1)16-12-7-13-18-17(16)15-10-5-2-6-11-15/h1-6,8-11,16-18H,7,12-13H2/t16-,17-/m1/s1. The first kappa shape index (κ1) is 11.5. The van der Waals surface area contributed by atoms with Crippen molar-refractivity contribution in [2.45, 2.75) is 24.8 Å². The van der Waals surface area contributed by atoms with Crippen LogP contribution in [0.25, 0.3) is 0 Å². The van der Waals surface area contributed by atoms with E-state index in [0.29, 0.717) is 12.0 Å². The Hall–Kier alpha value is -1.60. The van der Waals surface area contributed by atoms with Crippen LogP contribution in [0.1, 0.15) is 35.9 Å². The fourth-order valence-electron chi connectivity index (χ4n) is 2.96. The second-order valence-corrected chi connectivity index (χ2v) is 5.00. The van der Waals surface area contributed by atoms with E-state index in [2.05, 4.69) is 66.0 Å². The largest absolute Gasteiger partial charge is 0.309 e. The second kappa shape index (κ2) is 5.36. The number of nitrogens with one attached hydrogen (secondary N) is 1. The number of hydrogen-bond donors (Lipinski definition) is 1. The van der Waals surface area contributed by atoms with Gasteiger partial charge in [-0.05, 0) is 30.5 Å². The number of piperidine rings is 1. The molecule has 1 nitrogen and oxygen atoms in total. The summed E-state index contributed by atoms with van der Waals surface area (Å²) < 4.78 is 0. The Labute approximate surface area is 109 Å². The lowest BCUT2D eigenvalue weighted by molar-refractivity contribution is 0.358. The van der Waals surface area contributed by atoms with Crippen molar-refractivity contribution in [3.63, 3.8) is 0 Å². The molecule has 0 saturated carbocycles. The predicted octanol–water partition coefficient (Wildman–Crippen LogP) is 3.89. The summed E-state index contributed by atoms with van der Waals surface area (Å²) in [4.78, 5) is 0. The Balaban J connectivity index is 1.92. The zero-order valence-electron chi connectivity index (χ0n) is 10.5. The fourth-order valence-corrected chi connectivity index (χ4v) is 2.96. The minimum Gasteiger partial charge on any atom is -0.309 e. The molecule has 0 unspecified atom stereocenters. The first-order valence-electron chi connectivity index (χ1n) is 6.78. The lowest BCUT2D eigenvalue weighted by Crippen LogP contribution is -2.32. The Bertz CT molecular complexity index is 430. The van der Waals surface area contributed by atoms with Crippen molar-refractivity contribution in [3.8, 4) is 0 Å². The highest BCUT2D eigenvalue weighted by Crippen LogP contribution is 2.36. The van der Waals surface area contributed by atoms with E-state index >= 15 is 0 Å². The molecule has 1 aliphatic rings. The van der Waals surface area contributed by atoms with Gasteiger partial charge in [0.2, 0.25) is 0 Å². The Kier molecular flexibility index (Phi) is 3.42. The van der Waals surface area contributed by atoms with Gasteiger partial charge in [0.05, 0.1) is 0 Å². The summed E-state index contributed by atoms with van der Waals surface area (Å²) in [7, 11) is 0. The Morgan fingerprint density at radius 2 is 1.39 bits per heavy atom. The van der Waals surface area contributed by atoms with Crippen LogP contribution in [0.5, 0.6) is 0 Å². The van der Waals surface area contributed by atoms with Crippen molar-refractivity contribution >= 4 is 0 Å². The van der Waals surface area contributed by atoms with Gasteiger partial charge in [-0.1, -0.05) is 60.7 Å². The van der Waals surface area contributed by atoms with E-state index in [1.165, 1.54) is 24.0 Å². The van der Waals surface area contributed by atoms with Gasteiger partial charge in [0, 0.05) is 12.0 Å². The molecule has 1 fully saturated rings. The lowest BCUT2D eigenvalue weighted by Gasteiger charge is -2.33. The van der Waals surface area contributed by atoms with E-state index in [9.17, 15) is 0 Å². The molecular formula is C17H19N. The molecule has 2 aromatic rings. The molecular weight excluding hydrogens is 218 g/mol. The van der Waals surface area contributed by atoms with Crippen molar-refractivity contribution in [2.75, 3.05) is 6.54 Å². The summed E-state index contributed by atoms with van der Waals surface area (Å²) in [6.45, 7) is 1.13. The van der Waals surface area contributed by atoms with Gasteiger partial charge in [-0.3, -0.25) is 0 Å². The zero-order valence-corrected chi connectivity index (χ0v) is 10.5. The molecule has 0 bridgehead atoms. The minimum absolute atomic E-state index is 0.461. The molecule has 0 aromatic heterocycles. The molecule has 92 valence electrons. The molecule has 1 N–H and O–H groups in total. The van der Waals surface area contributed by atoms with E-state index in [-0.39, 0.29) is 0 Å². The molecule has 1 heteroatoms. The maximum atomic E-state index is 3.68. The first-order valence-corrected chi connectivity index (χ1v) is 6.78. The molecule has 0 radical (unpaired) electrons. The van der Waals surface area contributed by atoms with Crippen LogP contribution in [0.3, 0.4) is 0 Å². The Morgan fingerprint density at radius 1 is 0.778 bits per heavy atom. The van der Waals surface area contributed by atoms with Gasteiger partial charge < -0.3 is 5.32 Å². The van der Waals surface area contributed by atoms with Crippen molar-refractivity contribution in [2.24, 2.45) is 0 Å². The van der Waals surface area contributed by atoms with Crippen LogP contribution >= 0.6 is 0 Å². The molecule has 0 spiro atoms. The molecule has 0 amide bonds. The van der Waals surface area contributed by atoms with E-state index in [0.717, 1.165) is 6.54 Å². The van der Waals surface area contributed by atoms with Gasteiger partial charge in [-0.2, -0.15) is 0 Å². The maximum absolute atomic E-state index is 3.68. The third kappa shape index (κ3) is 2.32. The van der Waals surface area contributed by atoms with Gasteiger partial charge in [0.15, 0.2) is 0 Å². The minimum atomic E-state index is 0.461. The summed E-state index contributed by atoms with van der Waals surface area (Å²) in [6, 6.07) is 22.2. The summed E-state index contributed by atoms with van der Waals surface area (Å²) in [6.07, 6.45) is 2.54. The van der Waals surface area contributed by atoms with Crippen LogP contribution < -0.4 is 5.32 Å². The van der Waals surface area contributed by atoms with Crippen LogP contribution in [0, 0.1) is 0 Å². The summed E-state index contributed by atoms with van der Waals surface area (Å²) in [5.74, 6) is 0.599. The molecule has 3 rings (SSSR count). The van der Waals surface area contributed by atoms with Gasteiger partial charge >= 0.3 is 0 Å². The zero-order chi connectivity index (χ0) is 12.2. The number of hydrogen-bond acceptors (Lipinski definition) is 1. The summed E-state index contributed by atoms with van der Waals surface area (Å²) in [5.41, 5.74) is 2.87. The van der Waals surface area contributed by atoms with E-state index in [1.807, 2.05) is 0 Å². The van der Waals surface area contributed by atoms with Crippen LogP contribution in [0.15, 0.2) is 60.7 Å². The summed E-state index contributed by atoms with van der Waals surface area (Å²) in [5, 5.41) is 3.68. The van der Waals surface area contributed by atoms with Crippen molar-refractivity contribution in [3.05, 3.63) is 71.8 Å². The molecule has 1 heterocycles. The smallest absolute Gasteiger partial charge is 0.0389 e. The molecule has 0 aliphatic carbocycles. The lowest BCUT2D eigenvalue weighted by atomic mass is 9.81. The van der Waals surface area contributed by atoms with E-state index in [1.54, 1.807) is 0 Å². The quantitative estimate of drug-likeness (QED) is 0.835. The van der Waals surface area contributed by atoms with E-state index < -0.39 is 0 Å². The molecule has 1 saturated heterocycles. The highest BCUT2D eigenvalue weighted by molar-refractivity contribution is 5.28. The summed E-state index contributed by atoms with van der Waals surface area (Å²) >= 11 is 0. The highest BCUT2D eigenvalue weighted by Gasteiger charge is 2.26. The van der Waals surface area contributed by atoms with Crippen molar-refractivity contribution in [1.29, 1.82) is 0 Å². The van der Waals surface area contributed by atoms with Gasteiger partial charge in [-0.15, -0.1) is 0 Å². The maximum Gasteiger partial charge on any atom is 0.0389 e. The third-order valence-electron chi connectivity index (χ3n) is 3.84. The number of rotatable bonds is 2. The number of benzene rings is 2. The molecule has 18 heavy (non-hydrogen) atoms. The molecule has 2 atom stereocenters. The van der Waals surface area contributed by atoms with Crippen molar-refractivity contribution in [1.82, 2.24) is 5.32 Å². The topological polar surface area (TPSA) is 12.0 Å². The van der Waals surface area contributed by atoms with Gasteiger partial charge in [-0.25, -0.2) is 0 Å². The average molecular weight is 237 g/mol. The van der Waals surface area contributed by atoms with Crippen LogP contribution in [0.2, 0.25) is 0 Å². The van der Waals surface area contributed by atoms with Crippen LogP contribution in [-0.2, 0) is 0 Å². The fraction of sp³-hybridized carbons (Fsp3) is 0.294. The highest BCUT2D eigenvalue weighted by atomic mass is 14.9. The average Bonchev–Trinajstić information content (AvgIpc) is 2.49. The monoisotopic (exact) mass is 237 g/mol. The first-order chi connectivity index (χ1) is 8.95. The molecule has 1 aliphatic heterocycles. The third-order valence-corrected chi connectivity index (χ3v) is 3.84. The van der Waals surface area contributed by atoms with Crippen LogP contribution in [-0.4, -0.2) is 6.54 Å². The van der Waals surface area contributed by atoms with E-state index in [4.69, 9.17) is 0 Å².